The SMILES string of the molecule is CN(C)C(=O)CNC(=O)c1c[nH]c2ncc(C3CC3)nc12. The first-order valence-electron chi connectivity index (χ1n) is 6.88. The third-order valence-corrected chi connectivity index (χ3v) is 3.54. The van der Waals surface area contributed by atoms with E-state index in [9.17, 15) is 9.59 Å². The summed E-state index contributed by atoms with van der Waals surface area (Å²) in [4.78, 5) is 36.9. The van der Waals surface area contributed by atoms with Crippen LogP contribution in [0.15, 0.2) is 12.4 Å². The Bertz CT molecular complexity index is 702. The van der Waals surface area contributed by atoms with E-state index in [0.29, 0.717) is 22.6 Å². The molecule has 0 unspecified atom stereocenters. The molecule has 2 amide bonds. The normalized spacial score (nSPS) is 14.2. The van der Waals surface area contributed by atoms with Gasteiger partial charge in [0.25, 0.3) is 5.91 Å². The Morgan fingerprint density at radius 2 is 2.19 bits per heavy atom. The molecule has 2 aromatic rings. The maximum atomic E-state index is 12.2. The van der Waals surface area contributed by atoms with Crippen LogP contribution in [-0.2, 0) is 4.79 Å². The molecule has 3 rings (SSSR count). The number of hydrogen-bond donors (Lipinski definition) is 2. The van der Waals surface area contributed by atoms with Gasteiger partial charge in [-0.2, -0.15) is 0 Å². The molecule has 0 saturated heterocycles. The van der Waals surface area contributed by atoms with Crippen LogP contribution in [0.25, 0.3) is 11.2 Å². The lowest BCUT2D eigenvalue weighted by Crippen LogP contribution is -2.36. The Morgan fingerprint density at radius 1 is 1.43 bits per heavy atom. The summed E-state index contributed by atoms with van der Waals surface area (Å²) in [5.41, 5.74) is 2.50. The molecule has 2 heterocycles. The van der Waals surface area contributed by atoms with Gasteiger partial charge in [-0.05, 0) is 12.8 Å². The van der Waals surface area contributed by atoms with Crippen molar-refractivity contribution in [3.05, 3.63) is 23.7 Å². The maximum Gasteiger partial charge on any atom is 0.255 e. The van der Waals surface area contributed by atoms with E-state index >= 15 is 0 Å². The number of carbonyl (C=O) groups excluding carboxylic acids is 2. The molecule has 1 aliphatic rings. The molecule has 7 heteroatoms. The van der Waals surface area contributed by atoms with Crippen molar-refractivity contribution in [2.45, 2.75) is 18.8 Å². The van der Waals surface area contributed by atoms with E-state index < -0.39 is 0 Å². The number of aromatic amines is 1. The summed E-state index contributed by atoms with van der Waals surface area (Å²) in [5, 5.41) is 2.60. The predicted octanol–water partition coefficient (Wildman–Crippen LogP) is 0.653. The molecule has 0 atom stereocenters. The second-order valence-electron chi connectivity index (χ2n) is 5.44. The average Bonchev–Trinajstić information content (AvgIpc) is 3.23. The largest absolute Gasteiger partial charge is 0.347 e. The number of rotatable bonds is 4. The summed E-state index contributed by atoms with van der Waals surface area (Å²) in [6, 6.07) is 0. The van der Waals surface area contributed by atoms with Crippen LogP contribution in [0.1, 0.15) is 34.8 Å². The first-order chi connectivity index (χ1) is 10.1. The maximum absolute atomic E-state index is 12.2. The molecular formula is C14H17N5O2. The van der Waals surface area contributed by atoms with E-state index in [4.69, 9.17) is 0 Å². The first kappa shape index (κ1) is 13.5. The minimum atomic E-state index is -0.321. The molecule has 0 aliphatic heterocycles. The van der Waals surface area contributed by atoms with Gasteiger partial charge in [-0.1, -0.05) is 0 Å². The fraction of sp³-hybridized carbons (Fsp3) is 0.429. The summed E-state index contributed by atoms with van der Waals surface area (Å²) in [6.45, 7) is -0.0335. The number of fused-ring (bicyclic) bond motifs is 1. The second kappa shape index (κ2) is 5.16. The summed E-state index contributed by atoms with van der Waals surface area (Å²) in [7, 11) is 3.29. The molecule has 0 spiro atoms. The van der Waals surface area contributed by atoms with Crippen molar-refractivity contribution in [2.75, 3.05) is 20.6 Å². The molecule has 1 saturated carbocycles. The smallest absolute Gasteiger partial charge is 0.255 e. The monoisotopic (exact) mass is 287 g/mol. The average molecular weight is 287 g/mol. The third kappa shape index (κ3) is 2.72. The van der Waals surface area contributed by atoms with Gasteiger partial charge in [0.05, 0.1) is 24.0 Å². The Morgan fingerprint density at radius 3 is 2.86 bits per heavy atom. The molecule has 21 heavy (non-hydrogen) atoms. The van der Waals surface area contributed by atoms with Crippen molar-refractivity contribution < 1.29 is 9.59 Å². The number of amides is 2. The van der Waals surface area contributed by atoms with Gasteiger partial charge >= 0.3 is 0 Å². The van der Waals surface area contributed by atoms with E-state index in [1.54, 1.807) is 26.5 Å². The molecule has 2 aromatic heterocycles. The first-order valence-corrected chi connectivity index (χ1v) is 6.88. The van der Waals surface area contributed by atoms with Crippen molar-refractivity contribution in [1.29, 1.82) is 0 Å². The Kier molecular flexibility index (Phi) is 3.32. The van der Waals surface area contributed by atoms with Crippen molar-refractivity contribution in [3.8, 4) is 0 Å². The molecular weight excluding hydrogens is 270 g/mol. The van der Waals surface area contributed by atoms with Crippen molar-refractivity contribution in [2.24, 2.45) is 0 Å². The van der Waals surface area contributed by atoms with Crippen LogP contribution in [-0.4, -0.2) is 52.3 Å². The summed E-state index contributed by atoms with van der Waals surface area (Å²) in [6.07, 6.45) is 5.59. The number of nitrogens with zero attached hydrogens (tertiary/aromatic N) is 3. The highest BCUT2D eigenvalue weighted by atomic mass is 16.2. The van der Waals surface area contributed by atoms with E-state index in [-0.39, 0.29) is 18.4 Å². The van der Waals surface area contributed by atoms with Crippen LogP contribution < -0.4 is 5.32 Å². The van der Waals surface area contributed by atoms with Gasteiger partial charge in [0.2, 0.25) is 5.91 Å². The van der Waals surface area contributed by atoms with Gasteiger partial charge in [0, 0.05) is 26.2 Å². The van der Waals surface area contributed by atoms with E-state index in [1.165, 1.54) is 4.90 Å². The number of nitrogens with one attached hydrogen (secondary N) is 2. The molecule has 0 bridgehead atoms. The van der Waals surface area contributed by atoms with Gasteiger partial charge in [-0.3, -0.25) is 9.59 Å². The fourth-order valence-corrected chi connectivity index (χ4v) is 2.06. The van der Waals surface area contributed by atoms with Crippen LogP contribution >= 0.6 is 0 Å². The number of hydrogen-bond acceptors (Lipinski definition) is 4. The van der Waals surface area contributed by atoms with Gasteiger partial charge in [0.15, 0.2) is 5.65 Å². The molecule has 2 N–H and O–H groups in total. The zero-order valence-electron chi connectivity index (χ0n) is 12.0. The molecule has 7 nitrogen and oxygen atoms in total. The lowest BCUT2D eigenvalue weighted by atomic mass is 10.2. The van der Waals surface area contributed by atoms with Crippen molar-refractivity contribution >= 4 is 23.0 Å². The molecule has 0 aromatic carbocycles. The minimum Gasteiger partial charge on any atom is -0.347 e. The highest BCUT2D eigenvalue weighted by Crippen LogP contribution is 2.39. The van der Waals surface area contributed by atoms with Crippen molar-refractivity contribution in [1.82, 2.24) is 25.2 Å². The van der Waals surface area contributed by atoms with Crippen molar-refractivity contribution in [3.63, 3.8) is 0 Å². The van der Waals surface area contributed by atoms with Gasteiger partial charge in [-0.15, -0.1) is 0 Å². The van der Waals surface area contributed by atoms with Crippen LogP contribution in [0.3, 0.4) is 0 Å². The van der Waals surface area contributed by atoms with E-state index in [0.717, 1.165) is 18.5 Å². The highest BCUT2D eigenvalue weighted by molar-refractivity contribution is 6.05. The van der Waals surface area contributed by atoms with Crippen LogP contribution in [0.2, 0.25) is 0 Å². The molecule has 0 radical (unpaired) electrons. The number of aromatic nitrogens is 3. The number of carbonyl (C=O) groups is 2. The number of H-pyrrole nitrogens is 1. The van der Waals surface area contributed by atoms with Gasteiger partial charge in [0.1, 0.15) is 5.52 Å². The van der Waals surface area contributed by atoms with Crippen LogP contribution in [0.4, 0.5) is 0 Å². The zero-order chi connectivity index (χ0) is 15.0. The standard InChI is InChI=1S/C14H17N5O2/c1-19(2)11(20)7-17-14(21)9-5-15-13-12(9)18-10(6-16-13)8-3-4-8/h5-6,8H,3-4,7H2,1-2H3,(H,15,16)(H,17,21). The molecule has 1 aliphatic carbocycles. The summed E-state index contributed by atoms with van der Waals surface area (Å²) < 4.78 is 0. The quantitative estimate of drug-likeness (QED) is 0.864. The Labute approximate surface area is 121 Å². The summed E-state index contributed by atoms with van der Waals surface area (Å²) in [5.74, 6) is -0.00493. The van der Waals surface area contributed by atoms with Crippen LogP contribution in [0, 0.1) is 0 Å². The van der Waals surface area contributed by atoms with E-state index in [2.05, 4.69) is 20.3 Å². The Hall–Kier alpha value is -2.44. The minimum absolute atomic E-state index is 0.0335. The van der Waals surface area contributed by atoms with Gasteiger partial charge in [-0.25, -0.2) is 9.97 Å². The summed E-state index contributed by atoms with van der Waals surface area (Å²) >= 11 is 0. The lowest BCUT2D eigenvalue weighted by molar-refractivity contribution is -0.127. The fourth-order valence-electron chi connectivity index (χ4n) is 2.06. The third-order valence-electron chi connectivity index (χ3n) is 3.54. The van der Waals surface area contributed by atoms with Gasteiger partial charge < -0.3 is 15.2 Å². The lowest BCUT2D eigenvalue weighted by Gasteiger charge is -2.10. The zero-order valence-corrected chi connectivity index (χ0v) is 12.0. The number of likely N-dealkylation sites (N-methyl/N-ethyl adjacent to an activating group) is 1. The Balaban J connectivity index is 1.80. The second-order valence-corrected chi connectivity index (χ2v) is 5.44. The van der Waals surface area contributed by atoms with E-state index in [1.807, 2.05) is 0 Å². The molecule has 1 fully saturated rings. The molecule has 110 valence electrons. The van der Waals surface area contributed by atoms with Crippen LogP contribution in [0.5, 0.6) is 0 Å². The topological polar surface area (TPSA) is 91.0 Å². The predicted molar refractivity (Wildman–Crippen MR) is 76.9 cm³/mol. The highest BCUT2D eigenvalue weighted by Gasteiger charge is 2.26.